The van der Waals surface area contributed by atoms with E-state index in [-0.39, 0.29) is 6.04 Å². The first-order valence-corrected chi connectivity index (χ1v) is 6.77. The van der Waals surface area contributed by atoms with E-state index in [2.05, 4.69) is 15.7 Å². The third-order valence-electron chi connectivity index (χ3n) is 2.52. The Morgan fingerprint density at radius 3 is 2.60 bits per heavy atom. The predicted molar refractivity (Wildman–Crippen MR) is 75.5 cm³/mol. The first-order valence-electron chi connectivity index (χ1n) is 6.36. The average molecular weight is 308 g/mol. The van der Waals surface area contributed by atoms with Gasteiger partial charge in [0.1, 0.15) is 0 Å². The molecule has 0 aliphatic carbocycles. The van der Waals surface area contributed by atoms with E-state index in [1.165, 1.54) is 4.68 Å². The van der Waals surface area contributed by atoms with Crippen LogP contribution in [0.5, 0.6) is 0 Å². The minimum atomic E-state index is -4.39. The summed E-state index contributed by atoms with van der Waals surface area (Å²) in [7, 11) is 0. The summed E-state index contributed by atoms with van der Waals surface area (Å²) in [6, 6.07) is 1.30. The maximum absolute atomic E-state index is 12.5. The molecule has 8 heteroatoms. The second-order valence-electron chi connectivity index (χ2n) is 4.80. The molecule has 0 fully saturated rings. The molecular formula is C12H19F3N4S. The molecule has 114 valence electrons. The van der Waals surface area contributed by atoms with Crippen molar-refractivity contribution in [1.82, 2.24) is 20.4 Å². The van der Waals surface area contributed by atoms with Crippen LogP contribution in [0.1, 0.15) is 31.7 Å². The molecule has 0 aromatic carbocycles. The number of rotatable bonds is 5. The van der Waals surface area contributed by atoms with Gasteiger partial charge in [0.05, 0.1) is 0 Å². The van der Waals surface area contributed by atoms with Crippen LogP contribution >= 0.6 is 12.2 Å². The topological polar surface area (TPSA) is 41.9 Å². The van der Waals surface area contributed by atoms with E-state index in [4.69, 9.17) is 12.2 Å². The predicted octanol–water partition coefficient (Wildman–Crippen LogP) is 2.47. The van der Waals surface area contributed by atoms with Gasteiger partial charge in [-0.05, 0) is 45.5 Å². The molecule has 0 atom stereocenters. The normalized spacial score (nSPS) is 11.8. The van der Waals surface area contributed by atoms with Crippen LogP contribution in [0.2, 0.25) is 0 Å². The summed E-state index contributed by atoms with van der Waals surface area (Å²) in [6.45, 7) is 6.55. The Morgan fingerprint density at radius 1 is 1.45 bits per heavy atom. The number of thiocarbonyl (C=S) groups is 1. The number of nitrogens with one attached hydrogen (secondary N) is 2. The fraction of sp³-hybridized carbons (Fsp3) is 0.667. The van der Waals surface area contributed by atoms with E-state index >= 15 is 0 Å². The van der Waals surface area contributed by atoms with Crippen molar-refractivity contribution in [3.63, 3.8) is 0 Å². The van der Waals surface area contributed by atoms with Crippen molar-refractivity contribution in [2.45, 2.75) is 46.0 Å². The molecule has 20 heavy (non-hydrogen) atoms. The summed E-state index contributed by atoms with van der Waals surface area (Å²) in [5.41, 5.74) is -0.347. The lowest BCUT2D eigenvalue weighted by Gasteiger charge is -2.13. The minimum absolute atomic E-state index is 0.248. The molecule has 1 heterocycles. The molecule has 2 N–H and O–H groups in total. The van der Waals surface area contributed by atoms with E-state index in [1.807, 2.05) is 13.8 Å². The van der Waals surface area contributed by atoms with Crippen molar-refractivity contribution in [1.29, 1.82) is 0 Å². The second kappa shape index (κ2) is 6.92. The van der Waals surface area contributed by atoms with Gasteiger partial charge in [0.15, 0.2) is 10.8 Å². The molecule has 1 rings (SSSR count). The summed E-state index contributed by atoms with van der Waals surface area (Å²) in [4.78, 5) is 0. The Hall–Kier alpha value is -1.31. The SMILES string of the molecule is Cc1cc(C(F)(F)F)nn1CCCNC(=S)NC(C)C. The van der Waals surface area contributed by atoms with Gasteiger partial charge in [-0.1, -0.05) is 0 Å². The van der Waals surface area contributed by atoms with E-state index in [0.717, 1.165) is 6.07 Å². The number of hydrogen-bond acceptors (Lipinski definition) is 2. The molecule has 0 unspecified atom stereocenters. The maximum Gasteiger partial charge on any atom is 0.435 e. The number of nitrogens with zero attached hydrogens (tertiary/aromatic N) is 2. The van der Waals surface area contributed by atoms with E-state index in [9.17, 15) is 13.2 Å². The van der Waals surface area contributed by atoms with Crippen LogP contribution in [-0.4, -0.2) is 27.5 Å². The lowest BCUT2D eigenvalue weighted by molar-refractivity contribution is -0.141. The zero-order chi connectivity index (χ0) is 15.3. The monoisotopic (exact) mass is 308 g/mol. The second-order valence-corrected chi connectivity index (χ2v) is 5.21. The van der Waals surface area contributed by atoms with Crippen molar-refractivity contribution < 1.29 is 13.2 Å². The van der Waals surface area contributed by atoms with Crippen molar-refractivity contribution in [2.24, 2.45) is 0 Å². The fourth-order valence-electron chi connectivity index (χ4n) is 1.62. The van der Waals surface area contributed by atoms with Crippen LogP contribution in [0.3, 0.4) is 0 Å². The van der Waals surface area contributed by atoms with Gasteiger partial charge in [-0.25, -0.2) is 0 Å². The summed E-state index contributed by atoms with van der Waals surface area (Å²) in [6.07, 6.45) is -3.75. The Morgan fingerprint density at radius 2 is 2.10 bits per heavy atom. The van der Waals surface area contributed by atoms with Gasteiger partial charge < -0.3 is 10.6 Å². The van der Waals surface area contributed by atoms with Crippen molar-refractivity contribution in [2.75, 3.05) is 6.54 Å². The molecule has 0 saturated heterocycles. The highest BCUT2D eigenvalue weighted by Crippen LogP contribution is 2.28. The first kappa shape index (κ1) is 16.7. The molecule has 0 aliphatic rings. The molecule has 0 spiro atoms. The van der Waals surface area contributed by atoms with Crippen molar-refractivity contribution in [3.8, 4) is 0 Å². The zero-order valence-corrected chi connectivity index (χ0v) is 12.5. The summed E-state index contributed by atoms with van der Waals surface area (Å²) in [5.74, 6) is 0. The largest absolute Gasteiger partial charge is 0.435 e. The molecular weight excluding hydrogens is 289 g/mol. The minimum Gasteiger partial charge on any atom is -0.363 e. The third-order valence-corrected chi connectivity index (χ3v) is 2.79. The van der Waals surface area contributed by atoms with Gasteiger partial charge in [-0.15, -0.1) is 0 Å². The maximum atomic E-state index is 12.5. The Balaban J connectivity index is 2.39. The molecule has 0 radical (unpaired) electrons. The summed E-state index contributed by atoms with van der Waals surface area (Å²) in [5, 5.41) is 10.1. The van der Waals surface area contributed by atoms with Crippen LogP contribution < -0.4 is 10.6 Å². The highest BCUT2D eigenvalue weighted by atomic mass is 32.1. The van der Waals surface area contributed by atoms with Crippen LogP contribution in [0.25, 0.3) is 0 Å². The van der Waals surface area contributed by atoms with Crippen molar-refractivity contribution in [3.05, 3.63) is 17.5 Å². The van der Waals surface area contributed by atoms with E-state index in [1.54, 1.807) is 6.92 Å². The van der Waals surface area contributed by atoms with E-state index < -0.39 is 11.9 Å². The van der Waals surface area contributed by atoms with Gasteiger partial charge in [0.25, 0.3) is 0 Å². The van der Waals surface area contributed by atoms with Crippen LogP contribution in [-0.2, 0) is 12.7 Å². The standard InChI is InChI=1S/C12H19F3N4S/c1-8(2)17-11(20)16-5-4-6-19-9(3)7-10(18-19)12(13,14)15/h7-8H,4-6H2,1-3H3,(H2,16,17,20). The van der Waals surface area contributed by atoms with Crippen molar-refractivity contribution >= 4 is 17.3 Å². The van der Waals surface area contributed by atoms with Crippen LogP contribution in [0.15, 0.2) is 6.07 Å². The molecule has 0 bridgehead atoms. The smallest absolute Gasteiger partial charge is 0.363 e. The highest BCUT2D eigenvalue weighted by Gasteiger charge is 2.34. The fourth-order valence-corrected chi connectivity index (χ4v) is 1.96. The summed E-state index contributed by atoms with van der Waals surface area (Å²) < 4.78 is 38.8. The lowest BCUT2D eigenvalue weighted by atomic mass is 10.3. The number of halogens is 3. The Kier molecular flexibility index (Phi) is 5.79. The van der Waals surface area contributed by atoms with Gasteiger partial charge in [0, 0.05) is 24.8 Å². The quantitative estimate of drug-likeness (QED) is 0.648. The number of alkyl halides is 3. The molecule has 1 aromatic heterocycles. The Labute approximate surface area is 121 Å². The van der Waals surface area contributed by atoms with E-state index in [0.29, 0.717) is 30.3 Å². The number of hydrogen-bond donors (Lipinski definition) is 2. The highest BCUT2D eigenvalue weighted by molar-refractivity contribution is 7.80. The van der Waals surface area contributed by atoms with Gasteiger partial charge in [-0.2, -0.15) is 18.3 Å². The number of aryl methyl sites for hydroxylation is 2. The average Bonchev–Trinajstić information content (AvgIpc) is 2.65. The molecule has 4 nitrogen and oxygen atoms in total. The lowest BCUT2D eigenvalue weighted by Crippen LogP contribution is -2.39. The molecule has 1 aromatic rings. The van der Waals surface area contributed by atoms with Crippen LogP contribution in [0.4, 0.5) is 13.2 Å². The molecule has 0 saturated carbocycles. The number of aromatic nitrogens is 2. The Bertz CT molecular complexity index is 454. The van der Waals surface area contributed by atoms with Crippen LogP contribution in [0, 0.1) is 6.92 Å². The summed E-state index contributed by atoms with van der Waals surface area (Å²) >= 11 is 5.05. The molecule has 0 aliphatic heterocycles. The van der Waals surface area contributed by atoms with Gasteiger partial charge in [-0.3, -0.25) is 4.68 Å². The molecule has 0 amide bonds. The third kappa shape index (κ3) is 5.36. The first-order chi connectivity index (χ1) is 9.20. The van der Waals surface area contributed by atoms with Gasteiger partial charge in [0.2, 0.25) is 0 Å². The zero-order valence-electron chi connectivity index (χ0n) is 11.7. The van der Waals surface area contributed by atoms with Gasteiger partial charge >= 0.3 is 6.18 Å².